The van der Waals surface area contributed by atoms with Gasteiger partial charge in [-0.1, -0.05) is 37.3 Å². The van der Waals surface area contributed by atoms with Crippen LogP contribution in [0.1, 0.15) is 36.0 Å². The van der Waals surface area contributed by atoms with Gasteiger partial charge in [-0.2, -0.15) is 0 Å². The lowest BCUT2D eigenvalue weighted by Gasteiger charge is -2.03. The fourth-order valence-electron chi connectivity index (χ4n) is 2.06. The summed E-state index contributed by atoms with van der Waals surface area (Å²) in [6.07, 6.45) is 1.13. The highest BCUT2D eigenvalue weighted by Crippen LogP contribution is 2.16. The number of ether oxygens (including phenoxy) is 1. The van der Waals surface area contributed by atoms with Crippen molar-refractivity contribution in [2.75, 3.05) is 6.54 Å². The smallest absolute Gasteiger partial charge is 0.130 e. The van der Waals surface area contributed by atoms with Crippen LogP contribution in [-0.4, -0.2) is 6.54 Å². The second kappa shape index (κ2) is 7.88. The van der Waals surface area contributed by atoms with E-state index >= 15 is 0 Å². The average molecular weight is 273 g/mol. The predicted octanol–water partition coefficient (Wildman–Crippen LogP) is 3.80. The van der Waals surface area contributed by atoms with E-state index in [-0.39, 0.29) is 0 Å². The fourth-order valence-corrected chi connectivity index (χ4v) is 2.06. The molecule has 0 saturated carbocycles. The normalized spacial score (nSPS) is 10.9. The van der Waals surface area contributed by atoms with Gasteiger partial charge in [-0.15, -0.1) is 0 Å². The minimum atomic E-state index is 0.517. The molecule has 0 spiro atoms. The lowest BCUT2D eigenvalue weighted by atomic mass is 10.2. The molecule has 0 saturated heterocycles. The van der Waals surface area contributed by atoms with Gasteiger partial charge in [0.15, 0.2) is 0 Å². The number of aryl methyl sites for hydroxylation is 1. The summed E-state index contributed by atoms with van der Waals surface area (Å²) in [6.45, 7) is 7.17. The SMILES string of the molecule is CCCNCc1oc(COCc2ccccc2)cc1C. The summed E-state index contributed by atoms with van der Waals surface area (Å²) in [7, 11) is 0. The van der Waals surface area contributed by atoms with Gasteiger partial charge < -0.3 is 14.5 Å². The predicted molar refractivity (Wildman–Crippen MR) is 80.4 cm³/mol. The van der Waals surface area contributed by atoms with Crippen LogP contribution in [0.2, 0.25) is 0 Å². The standard InChI is InChI=1S/C17H23NO2/c1-3-9-18-11-17-14(2)10-16(20-17)13-19-12-15-7-5-4-6-8-15/h4-8,10,18H,3,9,11-13H2,1-2H3. The quantitative estimate of drug-likeness (QED) is 0.743. The summed E-state index contributed by atoms with van der Waals surface area (Å²) < 4.78 is 11.5. The van der Waals surface area contributed by atoms with Crippen LogP contribution in [0, 0.1) is 6.92 Å². The molecule has 3 heteroatoms. The van der Waals surface area contributed by atoms with E-state index in [0.717, 1.165) is 31.0 Å². The molecule has 108 valence electrons. The summed E-state index contributed by atoms with van der Waals surface area (Å²) in [6, 6.07) is 12.2. The molecule has 0 radical (unpaired) electrons. The van der Waals surface area contributed by atoms with Crippen LogP contribution in [-0.2, 0) is 24.5 Å². The van der Waals surface area contributed by atoms with Gasteiger partial charge in [-0.25, -0.2) is 0 Å². The molecule has 1 aromatic heterocycles. The van der Waals surface area contributed by atoms with E-state index in [1.807, 2.05) is 18.2 Å². The Kier molecular flexibility index (Phi) is 5.84. The minimum absolute atomic E-state index is 0.517. The first-order valence-electron chi connectivity index (χ1n) is 7.20. The second-order valence-electron chi connectivity index (χ2n) is 4.97. The summed E-state index contributed by atoms with van der Waals surface area (Å²) in [5.41, 5.74) is 2.37. The van der Waals surface area contributed by atoms with Gasteiger partial charge in [0.05, 0.1) is 13.2 Å². The van der Waals surface area contributed by atoms with Gasteiger partial charge in [0.1, 0.15) is 18.1 Å². The third-order valence-electron chi connectivity index (χ3n) is 3.14. The molecule has 3 nitrogen and oxygen atoms in total. The van der Waals surface area contributed by atoms with Crippen molar-refractivity contribution < 1.29 is 9.15 Å². The van der Waals surface area contributed by atoms with Crippen LogP contribution in [0.5, 0.6) is 0 Å². The van der Waals surface area contributed by atoms with E-state index in [1.165, 1.54) is 11.1 Å². The molecule has 0 aliphatic rings. The maximum Gasteiger partial charge on any atom is 0.130 e. The number of furan rings is 1. The Hall–Kier alpha value is -1.58. The van der Waals surface area contributed by atoms with Gasteiger partial charge >= 0.3 is 0 Å². The summed E-state index contributed by atoms with van der Waals surface area (Å²) >= 11 is 0. The Labute approximate surface area is 121 Å². The second-order valence-corrected chi connectivity index (χ2v) is 4.97. The Morgan fingerprint density at radius 3 is 2.70 bits per heavy atom. The highest BCUT2D eigenvalue weighted by atomic mass is 16.5. The van der Waals surface area contributed by atoms with Crippen molar-refractivity contribution in [2.24, 2.45) is 0 Å². The Balaban J connectivity index is 1.80. The number of hydrogen-bond acceptors (Lipinski definition) is 3. The van der Waals surface area contributed by atoms with E-state index in [0.29, 0.717) is 13.2 Å². The molecule has 0 bridgehead atoms. The largest absolute Gasteiger partial charge is 0.462 e. The van der Waals surface area contributed by atoms with Crippen molar-refractivity contribution >= 4 is 0 Å². The monoisotopic (exact) mass is 273 g/mol. The van der Waals surface area contributed by atoms with E-state index in [1.54, 1.807) is 0 Å². The zero-order valence-electron chi connectivity index (χ0n) is 12.3. The molecule has 0 aliphatic carbocycles. The molecule has 0 amide bonds. The number of hydrogen-bond donors (Lipinski definition) is 1. The number of nitrogens with one attached hydrogen (secondary N) is 1. The van der Waals surface area contributed by atoms with Gasteiger partial charge in [-0.3, -0.25) is 0 Å². The molecule has 1 N–H and O–H groups in total. The van der Waals surface area contributed by atoms with Crippen molar-refractivity contribution in [2.45, 2.75) is 40.0 Å². The van der Waals surface area contributed by atoms with E-state index in [2.05, 4.69) is 37.4 Å². The van der Waals surface area contributed by atoms with Gasteiger partial charge in [0.2, 0.25) is 0 Å². The minimum Gasteiger partial charge on any atom is -0.462 e. The van der Waals surface area contributed by atoms with Crippen molar-refractivity contribution in [3.8, 4) is 0 Å². The molecule has 0 unspecified atom stereocenters. The Morgan fingerprint density at radius 2 is 1.95 bits per heavy atom. The molecule has 0 fully saturated rings. The van der Waals surface area contributed by atoms with Gasteiger partial charge in [-0.05, 0) is 37.1 Å². The lowest BCUT2D eigenvalue weighted by molar-refractivity contribution is 0.0920. The molecule has 2 rings (SSSR count). The first kappa shape index (κ1) is 14.8. The summed E-state index contributed by atoms with van der Waals surface area (Å²) in [5.74, 6) is 1.91. The molecular formula is C17H23NO2. The first-order valence-corrected chi connectivity index (χ1v) is 7.20. The lowest BCUT2D eigenvalue weighted by Crippen LogP contribution is -2.13. The zero-order valence-corrected chi connectivity index (χ0v) is 12.3. The third kappa shape index (κ3) is 4.51. The molecule has 20 heavy (non-hydrogen) atoms. The van der Waals surface area contributed by atoms with E-state index in [9.17, 15) is 0 Å². The molecule has 2 aromatic rings. The van der Waals surface area contributed by atoms with Crippen LogP contribution in [0.3, 0.4) is 0 Å². The van der Waals surface area contributed by atoms with Crippen LogP contribution in [0.25, 0.3) is 0 Å². The average Bonchev–Trinajstić information content (AvgIpc) is 2.81. The highest BCUT2D eigenvalue weighted by molar-refractivity contribution is 5.19. The maximum absolute atomic E-state index is 5.81. The van der Waals surface area contributed by atoms with E-state index < -0.39 is 0 Å². The summed E-state index contributed by atoms with van der Waals surface area (Å²) in [4.78, 5) is 0. The van der Waals surface area contributed by atoms with Crippen LogP contribution in [0.15, 0.2) is 40.8 Å². The molecular weight excluding hydrogens is 250 g/mol. The molecule has 1 heterocycles. The van der Waals surface area contributed by atoms with Crippen molar-refractivity contribution in [3.63, 3.8) is 0 Å². The zero-order chi connectivity index (χ0) is 14.2. The number of rotatable bonds is 8. The van der Waals surface area contributed by atoms with Crippen LogP contribution < -0.4 is 5.32 Å². The molecule has 0 atom stereocenters. The fraction of sp³-hybridized carbons (Fsp3) is 0.412. The Bertz CT molecular complexity index is 505. The van der Waals surface area contributed by atoms with Crippen molar-refractivity contribution in [1.29, 1.82) is 0 Å². The van der Waals surface area contributed by atoms with Gasteiger partial charge in [0, 0.05) is 0 Å². The summed E-state index contributed by atoms with van der Waals surface area (Å²) in [5, 5.41) is 3.35. The van der Waals surface area contributed by atoms with Crippen LogP contribution in [0.4, 0.5) is 0 Å². The Morgan fingerprint density at radius 1 is 1.15 bits per heavy atom. The maximum atomic E-state index is 5.81. The third-order valence-corrected chi connectivity index (χ3v) is 3.14. The van der Waals surface area contributed by atoms with Crippen molar-refractivity contribution in [1.82, 2.24) is 5.32 Å². The highest BCUT2D eigenvalue weighted by Gasteiger charge is 2.07. The topological polar surface area (TPSA) is 34.4 Å². The van der Waals surface area contributed by atoms with E-state index in [4.69, 9.17) is 9.15 Å². The molecule has 1 aromatic carbocycles. The van der Waals surface area contributed by atoms with Crippen LogP contribution >= 0.6 is 0 Å². The van der Waals surface area contributed by atoms with Gasteiger partial charge in [0.25, 0.3) is 0 Å². The first-order chi connectivity index (χ1) is 9.79. The van der Waals surface area contributed by atoms with Crippen molar-refractivity contribution in [3.05, 3.63) is 59.0 Å². The number of benzene rings is 1. The molecule has 0 aliphatic heterocycles.